The maximum atomic E-state index is 12.8. The van der Waals surface area contributed by atoms with E-state index in [0.29, 0.717) is 24.4 Å². The lowest BCUT2D eigenvalue weighted by Crippen LogP contribution is -2.24. The van der Waals surface area contributed by atoms with Crippen LogP contribution in [0.5, 0.6) is 0 Å². The van der Waals surface area contributed by atoms with Gasteiger partial charge in [0.05, 0.1) is 11.1 Å². The molecule has 2 rings (SSSR count). The number of halogens is 6. The van der Waals surface area contributed by atoms with E-state index in [4.69, 9.17) is 4.52 Å². The van der Waals surface area contributed by atoms with Gasteiger partial charge in [0.25, 0.3) is 5.89 Å². The molecule has 1 heterocycles. The molecule has 0 saturated carbocycles. The first kappa shape index (κ1) is 20.0. The minimum Gasteiger partial charge on any atom is -0.335 e. The van der Waals surface area contributed by atoms with Gasteiger partial charge in [-0.1, -0.05) is 5.16 Å². The van der Waals surface area contributed by atoms with Crippen molar-refractivity contribution in [3.8, 4) is 0 Å². The molecule has 1 N–H and O–H groups in total. The van der Waals surface area contributed by atoms with Gasteiger partial charge in [-0.2, -0.15) is 31.3 Å². The van der Waals surface area contributed by atoms with Crippen molar-refractivity contribution in [1.29, 1.82) is 0 Å². The molecule has 1 unspecified atom stereocenters. The van der Waals surface area contributed by atoms with Gasteiger partial charge in [0.15, 0.2) is 5.82 Å². The molecule has 0 spiro atoms. The van der Waals surface area contributed by atoms with Crippen LogP contribution in [0, 0.1) is 0 Å². The van der Waals surface area contributed by atoms with Gasteiger partial charge in [0, 0.05) is 18.5 Å². The molecule has 1 aromatic carbocycles. The first-order chi connectivity index (χ1) is 12.0. The van der Waals surface area contributed by atoms with Crippen molar-refractivity contribution < 1.29 is 30.9 Å². The molecule has 0 saturated heterocycles. The van der Waals surface area contributed by atoms with E-state index in [1.807, 2.05) is 6.92 Å². The molecule has 0 aliphatic rings. The van der Waals surface area contributed by atoms with E-state index in [-0.39, 0.29) is 23.6 Å². The van der Waals surface area contributed by atoms with Crippen LogP contribution in [0.2, 0.25) is 0 Å². The molecule has 0 aliphatic heterocycles. The number of rotatable bonds is 5. The van der Waals surface area contributed by atoms with E-state index < -0.39 is 23.5 Å². The first-order valence-corrected chi connectivity index (χ1v) is 7.46. The molecule has 10 heteroatoms. The zero-order chi connectivity index (χ0) is 19.5. The predicted octanol–water partition coefficient (Wildman–Crippen LogP) is 4.43. The third-order valence-electron chi connectivity index (χ3n) is 3.49. The number of likely N-dealkylation sites (N-methyl/N-ethyl adjacent to an activating group) is 1. The largest absolute Gasteiger partial charge is 0.416 e. The highest BCUT2D eigenvalue weighted by Gasteiger charge is 2.36. The molecule has 4 nitrogen and oxygen atoms in total. The average molecular weight is 379 g/mol. The molecule has 0 amide bonds. The summed E-state index contributed by atoms with van der Waals surface area (Å²) in [7, 11) is 1.75. The monoisotopic (exact) mass is 379 g/mol. The van der Waals surface area contributed by atoms with Crippen molar-refractivity contribution in [2.75, 3.05) is 7.05 Å². The fraction of sp³-hybridized carbons (Fsp3) is 0.375. The number of hydrogen-bond donors (Lipinski definition) is 1. The maximum absolute atomic E-state index is 12.8. The molecule has 26 heavy (non-hydrogen) atoms. The van der Waals surface area contributed by atoms with Gasteiger partial charge in [-0.05, 0) is 43.8 Å². The summed E-state index contributed by atoms with van der Waals surface area (Å²) >= 11 is 0. The number of hydrogen-bond acceptors (Lipinski definition) is 4. The SMILES string of the molecule is CNC(C)Cc1noc(/C=C/c2cc(C(F)(F)F)cc(C(F)(F)F)c2)n1. The Morgan fingerprint density at radius 3 is 2.12 bits per heavy atom. The Hall–Kier alpha value is -2.36. The summed E-state index contributed by atoms with van der Waals surface area (Å²) in [6, 6.07) is 1.38. The Kier molecular flexibility index (Phi) is 5.74. The van der Waals surface area contributed by atoms with E-state index in [0.717, 1.165) is 12.2 Å². The fourth-order valence-electron chi connectivity index (χ4n) is 2.04. The molecule has 1 atom stereocenters. The standard InChI is InChI=1S/C16H15F6N3O/c1-9(23-2)5-13-24-14(26-25-13)4-3-10-6-11(15(17,18)19)8-12(7-10)16(20,21)22/h3-4,6-9,23H,5H2,1-2H3/b4-3+. The van der Waals surface area contributed by atoms with Crippen molar-refractivity contribution in [2.24, 2.45) is 0 Å². The minimum atomic E-state index is -4.90. The van der Waals surface area contributed by atoms with Crippen molar-refractivity contribution in [3.05, 3.63) is 46.6 Å². The van der Waals surface area contributed by atoms with Crippen LogP contribution in [-0.2, 0) is 18.8 Å². The van der Waals surface area contributed by atoms with E-state index in [1.165, 1.54) is 0 Å². The molecule has 0 radical (unpaired) electrons. The zero-order valence-corrected chi connectivity index (χ0v) is 13.7. The summed E-state index contributed by atoms with van der Waals surface area (Å²) in [5, 5.41) is 6.66. The molecular formula is C16H15F6N3O. The lowest BCUT2D eigenvalue weighted by Gasteiger charge is -2.12. The predicted molar refractivity (Wildman–Crippen MR) is 81.9 cm³/mol. The molecule has 0 bridgehead atoms. The Bertz CT molecular complexity index is 747. The van der Waals surface area contributed by atoms with Crippen molar-refractivity contribution >= 4 is 12.2 Å². The van der Waals surface area contributed by atoms with Gasteiger partial charge in [-0.25, -0.2) is 0 Å². The molecule has 2 aromatic rings. The van der Waals surface area contributed by atoms with Gasteiger partial charge in [0.2, 0.25) is 0 Å². The zero-order valence-electron chi connectivity index (χ0n) is 13.7. The van der Waals surface area contributed by atoms with E-state index in [1.54, 1.807) is 7.05 Å². The van der Waals surface area contributed by atoms with Crippen LogP contribution >= 0.6 is 0 Å². The smallest absolute Gasteiger partial charge is 0.335 e. The number of aromatic nitrogens is 2. The normalized spacial score (nSPS) is 14.2. The van der Waals surface area contributed by atoms with Crippen LogP contribution in [0.1, 0.15) is 35.3 Å². The topological polar surface area (TPSA) is 51.0 Å². The van der Waals surface area contributed by atoms with Crippen LogP contribution < -0.4 is 5.32 Å². The fourth-order valence-corrected chi connectivity index (χ4v) is 2.04. The first-order valence-electron chi connectivity index (χ1n) is 7.46. The Balaban J connectivity index is 2.29. The number of benzene rings is 1. The average Bonchev–Trinajstić information content (AvgIpc) is 2.98. The van der Waals surface area contributed by atoms with Gasteiger partial charge in [0.1, 0.15) is 0 Å². The Morgan fingerprint density at radius 1 is 1.04 bits per heavy atom. The van der Waals surface area contributed by atoms with Crippen molar-refractivity contribution in [1.82, 2.24) is 15.5 Å². The second kappa shape index (κ2) is 7.48. The highest BCUT2D eigenvalue weighted by Crippen LogP contribution is 2.36. The summed E-state index contributed by atoms with van der Waals surface area (Å²) < 4.78 is 81.8. The van der Waals surface area contributed by atoms with Gasteiger partial charge in [-0.15, -0.1) is 0 Å². The van der Waals surface area contributed by atoms with Crippen molar-refractivity contribution in [2.45, 2.75) is 31.7 Å². The highest BCUT2D eigenvalue weighted by molar-refractivity contribution is 5.67. The van der Waals surface area contributed by atoms with E-state index in [9.17, 15) is 26.3 Å². The molecule has 142 valence electrons. The van der Waals surface area contributed by atoms with Crippen LogP contribution in [0.4, 0.5) is 26.3 Å². The summed E-state index contributed by atoms with van der Waals surface area (Å²) in [5.74, 6) is 0.348. The third-order valence-corrected chi connectivity index (χ3v) is 3.49. The van der Waals surface area contributed by atoms with Crippen LogP contribution in [0.3, 0.4) is 0 Å². The third kappa shape index (κ3) is 5.32. The maximum Gasteiger partial charge on any atom is 0.416 e. The second-order valence-corrected chi connectivity index (χ2v) is 5.62. The van der Waals surface area contributed by atoms with Crippen LogP contribution in [0.25, 0.3) is 12.2 Å². The quantitative estimate of drug-likeness (QED) is 0.781. The van der Waals surface area contributed by atoms with Gasteiger partial charge >= 0.3 is 12.4 Å². The summed E-state index contributed by atoms with van der Waals surface area (Å²) in [6.45, 7) is 1.88. The summed E-state index contributed by atoms with van der Waals surface area (Å²) in [4.78, 5) is 4.01. The molecule has 1 aromatic heterocycles. The van der Waals surface area contributed by atoms with Crippen LogP contribution in [0.15, 0.2) is 22.7 Å². The van der Waals surface area contributed by atoms with Gasteiger partial charge in [-0.3, -0.25) is 0 Å². The second-order valence-electron chi connectivity index (χ2n) is 5.62. The Labute approximate surface area is 144 Å². The number of alkyl halides is 6. The number of nitrogens with one attached hydrogen (secondary N) is 1. The highest BCUT2D eigenvalue weighted by atomic mass is 19.4. The van der Waals surface area contributed by atoms with E-state index >= 15 is 0 Å². The molecule has 0 fully saturated rings. The van der Waals surface area contributed by atoms with Crippen molar-refractivity contribution in [3.63, 3.8) is 0 Å². The van der Waals surface area contributed by atoms with Crippen LogP contribution in [-0.4, -0.2) is 23.2 Å². The molecule has 0 aliphatic carbocycles. The Morgan fingerprint density at radius 2 is 1.62 bits per heavy atom. The molecular weight excluding hydrogens is 364 g/mol. The van der Waals surface area contributed by atoms with Gasteiger partial charge < -0.3 is 9.84 Å². The lowest BCUT2D eigenvalue weighted by molar-refractivity contribution is -0.143. The number of nitrogens with zero attached hydrogens (tertiary/aromatic N) is 2. The minimum absolute atomic E-state index is 0.0192. The lowest BCUT2D eigenvalue weighted by atomic mass is 10.0. The summed E-state index contributed by atoms with van der Waals surface area (Å²) in [6.07, 6.45) is -7.12. The van der Waals surface area contributed by atoms with E-state index in [2.05, 4.69) is 15.5 Å². The summed E-state index contributed by atoms with van der Waals surface area (Å²) in [5.41, 5.74) is -3.06.